The molecule has 0 aliphatic heterocycles. The average Bonchev–Trinajstić information content (AvgIpc) is 2.68. The Labute approximate surface area is 156 Å². The van der Waals surface area contributed by atoms with Gasteiger partial charge in [0.05, 0.1) is 24.2 Å². The van der Waals surface area contributed by atoms with Crippen LogP contribution in [0.5, 0.6) is 5.75 Å². The van der Waals surface area contributed by atoms with Crippen LogP contribution in [0.4, 0.5) is 14.5 Å². The molecule has 4 nitrogen and oxygen atoms in total. The van der Waals surface area contributed by atoms with Crippen LogP contribution >= 0.6 is 0 Å². The highest BCUT2D eigenvalue weighted by molar-refractivity contribution is 7.92. The second-order valence-corrected chi connectivity index (χ2v) is 7.62. The smallest absolute Gasteiger partial charge is 0.264 e. The van der Waals surface area contributed by atoms with Crippen LogP contribution in [0, 0.1) is 11.6 Å². The summed E-state index contributed by atoms with van der Waals surface area (Å²) in [6.45, 7) is -0.273. The quantitative estimate of drug-likeness (QED) is 0.629. The van der Waals surface area contributed by atoms with Crippen LogP contribution in [0.15, 0.2) is 77.7 Å². The van der Waals surface area contributed by atoms with Crippen LogP contribution in [0.1, 0.15) is 5.56 Å². The summed E-state index contributed by atoms with van der Waals surface area (Å²) >= 11 is 0. The summed E-state index contributed by atoms with van der Waals surface area (Å²) in [5.74, 6) is -1.01. The molecule has 3 aromatic carbocycles. The molecule has 0 amide bonds. The maximum atomic E-state index is 14.1. The Balaban J connectivity index is 2.06. The Bertz CT molecular complexity index is 1020. The third-order valence-corrected chi connectivity index (χ3v) is 5.81. The van der Waals surface area contributed by atoms with Crippen molar-refractivity contribution in [3.8, 4) is 5.75 Å². The largest absolute Gasteiger partial charge is 0.497 e. The van der Waals surface area contributed by atoms with Crippen molar-refractivity contribution in [1.29, 1.82) is 0 Å². The molecule has 0 saturated carbocycles. The van der Waals surface area contributed by atoms with Crippen molar-refractivity contribution in [3.05, 3.63) is 90.0 Å². The zero-order chi connectivity index (χ0) is 19.4. The number of nitrogens with zero attached hydrogens (tertiary/aromatic N) is 1. The zero-order valence-electron chi connectivity index (χ0n) is 14.5. The first-order valence-corrected chi connectivity index (χ1v) is 9.51. The molecule has 3 rings (SSSR count). The van der Waals surface area contributed by atoms with Crippen LogP contribution in [0.3, 0.4) is 0 Å². The fraction of sp³-hybridized carbons (Fsp3) is 0.100. The zero-order valence-corrected chi connectivity index (χ0v) is 15.3. The SMILES string of the molecule is COc1ccc(S(=O)(=O)N(Cc2ccc(F)cc2F)c2ccccc2)cc1. The van der Waals surface area contributed by atoms with E-state index in [1.807, 2.05) is 0 Å². The van der Waals surface area contributed by atoms with E-state index in [2.05, 4.69) is 0 Å². The van der Waals surface area contributed by atoms with Gasteiger partial charge in [0, 0.05) is 11.6 Å². The Hall–Kier alpha value is -2.93. The highest BCUT2D eigenvalue weighted by Gasteiger charge is 2.26. The fourth-order valence-corrected chi connectivity index (χ4v) is 4.03. The molecule has 140 valence electrons. The van der Waals surface area contributed by atoms with Crippen molar-refractivity contribution in [2.24, 2.45) is 0 Å². The van der Waals surface area contributed by atoms with Gasteiger partial charge in [0.25, 0.3) is 10.0 Å². The van der Waals surface area contributed by atoms with Crippen molar-refractivity contribution < 1.29 is 21.9 Å². The second kappa shape index (κ2) is 7.75. The molecule has 3 aromatic rings. The lowest BCUT2D eigenvalue weighted by atomic mass is 10.2. The van der Waals surface area contributed by atoms with Crippen LogP contribution in [-0.2, 0) is 16.6 Å². The summed E-state index contributed by atoms with van der Waals surface area (Å²) < 4.78 is 59.9. The Morgan fingerprint density at radius 1 is 0.926 bits per heavy atom. The molecule has 0 heterocycles. The molecule has 0 fully saturated rings. The third-order valence-electron chi connectivity index (χ3n) is 4.02. The van der Waals surface area contributed by atoms with Crippen LogP contribution in [-0.4, -0.2) is 15.5 Å². The molecule has 0 saturated heterocycles. The van der Waals surface area contributed by atoms with Gasteiger partial charge in [-0.1, -0.05) is 24.3 Å². The van der Waals surface area contributed by atoms with E-state index in [4.69, 9.17) is 4.74 Å². The Kier molecular flexibility index (Phi) is 5.41. The van der Waals surface area contributed by atoms with Crippen molar-refractivity contribution in [2.75, 3.05) is 11.4 Å². The van der Waals surface area contributed by atoms with E-state index in [1.54, 1.807) is 30.3 Å². The Morgan fingerprint density at radius 3 is 2.19 bits per heavy atom. The first-order valence-electron chi connectivity index (χ1n) is 8.07. The topological polar surface area (TPSA) is 46.6 Å². The minimum Gasteiger partial charge on any atom is -0.497 e. The second-order valence-electron chi connectivity index (χ2n) is 5.76. The number of para-hydroxylation sites is 1. The van der Waals surface area contributed by atoms with Gasteiger partial charge in [-0.25, -0.2) is 17.2 Å². The monoisotopic (exact) mass is 389 g/mol. The van der Waals surface area contributed by atoms with E-state index in [0.29, 0.717) is 11.4 Å². The van der Waals surface area contributed by atoms with Gasteiger partial charge in [-0.05, 0) is 42.5 Å². The lowest BCUT2D eigenvalue weighted by Gasteiger charge is -2.25. The maximum Gasteiger partial charge on any atom is 0.264 e. The van der Waals surface area contributed by atoms with Gasteiger partial charge in [-0.2, -0.15) is 0 Å². The molecule has 0 N–H and O–H groups in total. The molecule has 0 unspecified atom stereocenters. The van der Waals surface area contributed by atoms with Gasteiger partial charge in [-0.15, -0.1) is 0 Å². The van der Waals surface area contributed by atoms with Gasteiger partial charge >= 0.3 is 0 Å². The van der Waals surface area contributed by atoms with Gasteiger partial charge in [0.2, 0.25) is 0 Å². The number of sulfonamides is 1. The standard InChI is InChI=1S/C20H17F2NO3S/c1-26-18-9-11-19(12-10-18)27(24,25)23(17-5-3-2-4-6-17)14-15-7-8-16(21)13-20(15)22/h2-13H,14H2,1H3. The molecule has 0 spiro atoms. The number of ether oxygens (including phenoxy) is 1. The van der Waals surface area contributed by atoms with Gasteiger partial charge in [0.15, 0.2) is 0 Å². The summed E-state index contributed by atoms with van der Waals surface area (Å²) in [4.78, 5) is 0.0367. The normalized spacial score (nSPS) is 11.2. The van der Waals surface area contributed by atoms with Crippen molar-refractivity contribution in [3.63, 3.8) is 0 Å². The number of hydrogen-bond donors (Lipinski definition) is 0. The van der Waals surface area contributed by atoms with Crippen molar-refractivity contribution >= 4 is 15.7 Å². The van der Waals surface area contributed by atoms with E-state index >= 15 is 0 Å². The molecule has 0 aliphatic rings. The number of anilines is 1. The lowest BCUT2D eigenvalue weighted by molar-refractivity contribution is 0.414. The fourth-order valence-electron chi connectivity index (χ4n) is 2.59. The highest BCUT2D eigenvalue weighted by atomic mass is 32.2. The van der Waals surface area contributed by atoms with Gasteiger partial charge in [-0.3, -0.25) is 4.31 Å². The minimum atomic E-state index is -3.99. The number of benzene rings is 3. The minimum absolute atomic E-state index is 0.0367. The maximum absolute atomic E-state index is 14.1. The average molecular weight is 389 g/mol. The number of methoxy groups -OCH3 is 1. The van der Waals surface area contributed by atoms with Crippen LogP contribution in [0.2, 0.25) is 0 Å². The first kappa shape index (κ1) is 18.8. The summed E-state index contributed by atoms with van der Waals surface area (Å²) in [5, 5.41) is 0. The predicted molar refractivity (Wildman–Crippen MR) is 99.2 cm³/mol. The lowest BCUT2D eigenvalue weighted by Crippen LogP contribution is -2.31. The van der Waals surface area contributed by atoms with Gasteiger partial charge in [0.1, 0.15) is 17.4 Å². The van der Waals surface area contributed by atoms with Crippen LogP contribution < -0.4 is 9.04 Å². The van der Waals surface area contributed by atoms with Crippen molar-refractivity contribution in [1.82, 2.24) is 0 Å². The molecular formula is C20H17F2NO3S. The highest BCUT2D eigenvalue weighted by Crippen LogP contribution is 2.27. The molecule has 0 atom stereocenters. The number of rotatable bonds is 6. The number of halogens is 2. The molecule has 7 heteroatoms. The summed E-state index contributed by atoms with van der Waals surface area (Å²) in [5.41, 5.74) is 0.439. The number of hydrogen-bond acceptors (Lipinski definition) is 3. The van der Waals surface area contributed by atoms with E-state index in [9.17, 15) is 17.2 Å². The van der Waals surface area contributed by atoms with E-state index in [0.717, 1.165) is 16.4 Å². The summed E-state index contributed by atoms with van der Waals surface area (Å²) in [6.07, 6.45) is 0. The molecule has 0 bridgehead atoms. The first-order chi connectivity index (χ1) is 12.9. The van der Waals surface area contributed by atoms with Crippen LogP contribution in [0.25, 0.3) is 0 Å². The molecular weight excluding hydrogens is 372 g/mol. The van der Waals surface area contributed by atoms with Crippen molar-refractivity contribution in [2.45, 2.75) is 11.4 Å². The summed E-state index contributed by atoms with van der Waals surface area (Å²) in [6, 6.07) is 17.3. The molecule has 27 heavy (non-hydrogen) atoms. The third kappa shape index (κ3) is 4.09. The molecule has 0 aliphatic carbocycles. The predicted octanol–water partition coefficient (Wildman–Crippen LogP) is 4.37. The molecule has 0 radical (unpaired) electrons. The van der Waals surface area contributed by atoms with E-state index < -0.39 is 21.7 Å². The van der Waals surface area contributed by atoms with E-state index in [1.165, 1.54) is 37.4 Å². The van der Waals surface area contributed by atoms with E-state index in [-0.39, 0.29) is 17.0 Å². The molecule has 0 aromatic heterocycles. The summed E-state index contributed by atoms with van der Waals surface area (Å²) in [7, 11) is -2.50. The Morgan fingerprint density at radius 2 is 1.59 bits per heavy atom. The van der Waals surface area contributed by atoms with Gasteiger partial charge < -0.3 is 4.74 Å².